The van der Waals surface area contributed by atoms with Crippen LogP contribution in [-0.4, -0.2) is 35.2 Å². The minimum absolute atomic E-state index is 0.0955. The average molecular weight is 396 g/mol. The maximum Gasteiger partial charge on any atom is 0.404 e. The van der Waals surface area contributed by atoms with E-state index in [1.807, 2.05) is 24.3 Å². The molecule has 1 aliphatic rings. The van der Waals surface area contributed by atoms with Gasteiger partial charge in [-0.2, -0.15) is 0 Å². The lowest BCUT2D eigenvalue weighted by atomic mass is 9.82. The zero-order valence-corrected chi connectivity index (χ0v) is 16.4. The van der Waals surface area contributed by atoms with Gasteiger partial charge in [-0.25, -0.2) is 4.79 Å². The fourth-order valence-electron chi connectivity index (χ4n) is 3.75. The fourth-order valence-corrected chi connectivity index (χ4v) is 3.75. The first-order valence-corrected chi connectivity index (χ1v) is 10.1. The number of carbonyl (C=O) groups is 2. The number of amides is 2. The van der Waals surface area contributed by atoms with Gasteiger partial charge in [0.1, 0.15) is 0 Å². The van der Waals surface area contributed by atoms with Gasteiger partial charge >= 0.3 is 6.09 Å². The lowest BCUT2D eigenvalue weighted by Gasteiger charge is -2.28. The summed E-state index contributed by atoms with van der Waals surface area (Å²) in [6, 6.07) is 11.4. The van der Waals surface area contributed by atoms with Crippen LogP contribution in [0.25, 0.3) is 11.3 Å². The number of aromatic nitrogens is 1. The van der Waals surface area contributed by atoms with E-state index in [0.717, 1.165) is 42.5 Å². The van der Waals surface area contributed by atoms with Gasteiger partial charge in [0, 0.05) is 37.0 Å². The summed E-state index contributed by atoms with van der Waals surface area (Å²) in [4.78, 5) is 27.6. The lowest BCUT2D eigenvalue weighted by molar-refractivity contribution is 0.0940. The molecule has 7 heteroatoms. The molecule has 0 saturated heterocycles. The van der Waals surface area contributed by atoms with Crippen molar-refractivity contribution < 1.29 is 14.7 Å². The molecule has 2 amide bonds. The summed E-state index contributed by atoms with van der Waals surface area (Å²) in [5.41, 5.74) is 8.99. The molecule has 0 radical (unpaired) electrons. The maximum atomic E-state index is 12.6. The highest BCUT2D eigenvalue weighted by molar-refractivity contribution is 5.95. The van der Waals surface area contributed by atoms with Crippen molar-refractivity contribution in [3.05, 3.63) is 53.7 Å². The van der Waals surface area contributed by atoms with Gasteiger partial charge < -0.3 is 21.5 Å². The molecule has 1 heterocycles. The van der Waals surface area contributed by atoms with Crippen LogP contribution in [0.4, 0.5) is 4.79 Å². The smallest absolute Gasteiger partial charge is 0.404 e. The Morgan fingerprint density at radius 3 is 2.21 bits per heavy atom. The summed E-state index contributed by atoms with van der Waals surface area (Å²) in [5, 5.41) is 14.2. The minimum Gasteiger partial charge on any atom is -0.465 e. The molecule has 0 bridgehead atoms. The summed E-state index contributed by atoms with van der Waals surface area (Å²) >= 11 is 0. The van der Waals surface area contributed by atoms with Crippen molar-refractivity contribution in [2.75, 3.05) is 13.1 Å². The van der Waals surface area contributed by atoms with E-state index in [9.17, 15) is 9.59 Å². The van der Waals surface area contributed by atoms with Crippen molar-refractivity contribution in [2.45, 2.75) is 32.2 Å². The third-order valence-electron chi connectivity index (χ3n) is 5.57. The van der Waals surface area contributed by atoms with Crippen LogP contribution in [0, 0.1) is 11.8 Å². The quantitative estimate of drug-likeness (QED) is 0.574. The third kappa shape index (κ3) is 6.02. The number of carbonyl (C=O) groups excluding carboxylic acids is 1. The van der Waals surface area contributed by atoms with Gasteiger partial charge in [0.15, 0.2) is 0 Å². The molecule has 0 spiro atoms. The monoisotopic (exact) mass is 396 g/mol. The van der Waals surface area contributed by atoms with Crippen molar-refractivity contribution in [1.82, 2.24) is 15.6 Å². The number of benzene rings is 1. The van der Waals surface area contributed by atoms with Crippen LogP contribution in [0.15, 0.2) is 42.6 Å². The van der Waals surface area contributed by atoms with E-state index in [1.54, 1.807) is 18.3 Å². The standard InChI is InChI=1S/C22H28N4O3/c23-12-15-5-7-18(8-6-15)20-11-19(9-10-24-20)21(27)25-13-16-1-3-17(4-2-16)14-26-22(28)29/h5-11,16-17,26H,1-4,12-14,23H2,(H,25,27)(H,28,29)/t16-,17-. The first-order chi connectivity index (χ1) is 14.0. The first kappa shape index (κ1) is 20.8. The Hall–Kier alpha value is -2.93. The molecule has 1 aromatic carbocycles. The molecular formula is C22H28N4O3. The largest absolute Gasteiger partial charge is 0.465 e. The molecule has 0 aliphatic heterocycles. The number of carboxylic acid groups (broad SMARTS) is 1. The van der Waals surface area contributed by atoms with Crippen molar-refractivity contribution in [3.63, 3.8) is 0 Å². The van der Waals surface area contributed by atoms with Gasteiger partial charge in [0.05, 0.1) is 5.69 Å². The molecule has 1 aliphatic carbocycles. The maximum absolute atomic E-state index is 12.6. The van der Waals surface area contributed by atoms with Gasteiger partial charge in [0.2, 0.25) is 0 Å². The van der Waals surface area contributed by atoms with Crippen LogP contribution in [-0.2, 0) is 6.54 Å². The molecule has 2 aromatic rings. The molecule has 29 heavy (non-hydrogen) atoms. The Bertz CT molecular complexity index is 830. The average Bonchev–Trinajstić information content (AvgIpc) is 2.77. The van der Waals surface area contributed by atoms with Crippen molar-refractivity contribution >= 4 is 12.0 Å². The van der Waals surface area contributed by atoms with E-state index in [1.165, 1.54) is 0 Å². The molecule has 1 saturated carbocycles. The Morgan fingerprint density at radius 1 is 1.00 bits per heavy atom. The molecular weight excluding hydrogens is 368 g/mol. The van der Waals surface area contributed by atoms with Gasteiger partial charge in [-0.15, -0.1) is 0 Å². The predicted octanol–water partition coefficient (Wildman–Crippen LogP) is 3.01. The molecule has 0 atom stereocenters. The Morgan fingerprint density at radius 2 is 1.62 bits per heavy atom. The second-order valence-electron chi connectivity index (χ2n) is 7.61. The van der Waals surface area contributed by atoms with Crippen molar-refractivity contribution in [1.29, 1.82) is 0 Å². The van der Waals surface area contributed by atoms with Crippen LogP contribution in [0.2, 0.25) is 0 Å². The van der Waals surface area contributed by atoms with Crippen LogP contribution in [0.5, 0.6) is 0 Å². The van der Waals surface area contributed by atoms with Crippen LogP contribution < -0.4 is 16.4 Å². The second-order valence-corrected chi connectivity index (χ2v) is 7.61. The summed E-state index contributed by atoms with van der Waals surface area (Å²) in [6.45, 7) is 1.65. The lowest BCUT2D eigenvalue weighted by Crippen LogP contribution is -2.34. The molecule has 1 aromatic heterocycles. The number of nitrogens with zero attached hydrogens (tertiary/aromatic N) is 1. The van der Waals surface area contributed by atoms with E-state index in [2.05, 4.69) is 15.6 Å². The predicted molar refractivity (Wildman–Crippen MR) is 111 cm³/mol. The number of pyridine rings is 1. The highest BCUT2D eigenvalue weighted by Gasteiger charge is 2.22. The zero-order valence-electron chi connectivity index (χ0n) is 16.4. The molecule has 1 fully saturated rings. The molecule has 0 unspecified atom stereocenters. The second kappa shape index (κ2) is 10.0. The van der Waals surface area contributed by atoms with Crippen LogP contribution in [0.1, 0.15) is 41.6 Å². The number of hydrogen-bond donors (Lipinski definition) is 4. The number of hydrogen-bond acceptors (Lipinski definition) is 4. The topological polar surface area (TPSA) is 117 Å². The van der Waals surface area contributed by atoms with E-state index in [0.29, 0.717) is 37.0 Å². The molecule has 3 rings (SSSR count). The molecule has 154 valence electrons. The van der Waals surface area contributed by atoms with Crippen LogP contribution in [0.3, 0.4) is 0 Å². The third-order valence-corrected chi connectivity index (χ3v) is 5.57. The highest BCUT2D eigenvalue weighted by Crippen LogP contribution is 2.28. The zero-order chi connectivity index (χ0) is 20.6. The number of nitrogens with one attached hydrogen (secondary N) is 2. The summed E-state index contributed by atoms with van der Waals surface area (Å²) in [7, 11) is 0. The fraction of sp³-hybridized carbons (Fsp3) is 0.409. The summed E-state index contributed by atoms with van der Waals surface area (Å²) in [5.74, 6) is 0.735. The van der Waals surface area contributed by atoms with E-state index in [4.69, 9.17) is 10.8 Å². The number of nitrogens with two attached hydrogens (primary N) is 1. The Kier molecular flexibility index (Phi) is 7.19. The van der Waals surface area contributed by atoms with Gasteiger partial charge in [0.25, 0.3) is 5.91 Å². The van der Waals surface area contributed by atoms with Crippen molar-refractivity contribution in [3.8, 4) is 11.3 Å². The Labute approximate surface area is 170 Å². The van der Waals surface area contributed by atoms with Gasteiger partial charge in [-0.05, 0) is 55.2 Å². The minimum atomic E-state index is -0.966. The van der Waals surface area contributed by atoms with E-state index in [-0.39, 0.29) is 5.91 Å². The summed E-state index contributed by atoms with van der Waals surface area (Å²) in [6.07, 6.45) is 4.66. The normalized spacial score (nSPS) is 18.8. The van der Waals surface area contributed by atoms with Crippen LogP contribution >= 0.6 is 0 Å². The molecule has 5 N–H and O–H groups in total. The number of rotatable bonds is 7. The van der Waals surface area contributed by atoms with E-state index < -0.39 is 6.09 Å². The Balaban J connectivity index is 1.50. The summed E-state index contributed by atoms with van der Waals surface area (Å²) < 4.78 is 0. The van der Waals surface area contributed by atoms with E-state index >= 15 is 0 Å². The highest BCUT2D eigenvalue weighted by atomic mass is 16.4. The van der Waals surface area contributed by atoms with Crippen molar-refractivity contribution in [2.24, 2.45) is 17.6 Å². The SMILES string of the molecule is NCc1ccc(-c2cc(C(=O)NC[C@H]3CC[C@H](CNC(=O)O)CC3)ccn2)cc1. The van der Waals surface area contributed by atoms with Gasteiger partial charge in [-0.3, -0.25) is 9.78 Å². The van der Waals surface area contributed by atoms with Gasteiger partial charge in [-0.1, -0.05) is 24.3 Å². The first-order valence-electron chi connectivity index (χ1n) is 10.1. The molecule has 7 nitrogen and oxygen atoms in total.